The van der Waals surface area contributed by atoms with Crippen LogP contribution in [0.15, 0.2) is 24.4 Å². The maximum absolute atomic E-state index is 12.3. The third-order valence-electron chi connectivity index (χ3n) is 2.73. The molecule has 0 aliphatic heterocycles. The second kappa shape index (κ2) is 7.21. The standard InChI is InChI=1S/C13H11Cl2N5O3/c1-2-16-12-9(3-4-10(14)19-12)18-13(21)8-5-7(20(22)23)6-17-11(8)15/h3-6H,2H2,1H3,(H,16,19)(H,18,21). The molecule has 2 rings (SSSR count). The molecule has 10 heteroatoms. The Hall–Kier alpha value is -2.45. The van der Waals surface area contributed by atoms with Gasteiger partial charge in [-0.2, -0.15) is 0 Å². The zero-order chi connectivity index (χ0) is 17.0. The summed E-state index contributed by atoms with van der Waals surface area (Å²) in [6.45, 7) is 2.42. The first-order valence-electron chi connectivity index (χ1n) is 6.44. The van der Waals surface area contributed by atoms with Crippen LogP contribution in [-0.4, -0.2) is 27.3 Å². The number of nitro groups is 1. The third kappa shape index (κ3) is 4.05. The Bertz CT molecular complexity index is 769. The summed E-state index contributed by atoms with van der Waals surface area (Å²) < 4.78 is 0. The van der Waals surface area contributed by atoms with Crippen molar-refractivity contribution in [3.8, 4) is 0 Å². The molecule has 2 N–H and O–H groups in total. The molecule has 0 saturated heterocycles. The molecule has 2 heterocycles. The van der Waals surface area contributed by atoms with E-state index in [0.717, 1.165) is 12.3 Å². The van der Waals surface area contributed by atoms with E-state index in [1.165, 1.54) is 6.07 Å². The Labute approximate surface area is 141 Å². The molecule has 8 nitrogen and oxygen atoms in total. The van der Waals surface area contributed by atoms with Crippen LogP contribution >= 0.6 is 23.2 Å². The van der Waals surface area contributed by atoms with Crippen molar-refractivity contribution in [1.29, 1.82) is 0 Å². The van der Waals surface area contributed by atoms with Crippen molar-refractivity contribution in [3.05, 3.63) is 50.4 Å². The summed E-state index contributed by atoms with van der Waals surface area (Å²) in [4.78, 5) is 30.1. The van der Waals surface area contributed by atoms with Crippen LogP contribution in [0.25, 0.3) is 0 Å². The van der Waals surface area contributed by atoms with Gasteiger partial charge in [-0.05, 0) is 19.1 Å². The van der Waals surface area contributed by atoms with E-state index in [9.17, 15) is 14.9 Å². The van der Waals surface area contributed by atoms with Crippen molar-refractivity contribution in [2.45, 2.75) is 6.92 Å². The molecule has 0 radical (unpaired) electrons. The third-order valence-corrected chi connectivity index (χ3v) is 3.25. The van der Waals surface area contributed by atoms with E-state index in [0.29, 0.717) is 18.1 Å². The molecule has 2 aromatic rings. The fourth-order valence-electron chi connectivity index (χ4n) is 1.72. The zero-order valence-electron chi connectivity index (χ0n) is 11.8. The molecule has 0 fully saturated rings. The lowest BCUT2D eigenvalue weighted by atomic mass is 10.2. The second-order valence-corrected chi connectivity index (χ2v) is 5.05. The van der Waals surface area contributed by atoms with E-state index < -0.39 is 10.8 Å². The lowest BCUT2D eigenvalue weighted by Gasteiger charge is -2.11. The van der Waals surface area contributed by atoms with E-state index in [2.05, 4.69) is 20.6 Å². The first-order valence-corrected chi connectivity index (χ1v) is 7.19. The van der Waals surface area contributed by atoms with Gasteiger partial charge in [-0.3, -0.25) is 14.9 Å². The SMILES string of the molecule is CCNc1nc(Cl)ccc1NC(=O)c1cc([N+](=O)[O-])cnc1Cl. The largest absolute Gasteiger partial charge is 0.369 e. The molecule has 0 aromatic carbocycles. The highest BCUT2D eigenvalue weighted by Gasteiger charge is 2.18. The van der Waals surface area contributed by atoms with Crippen LogP contribution in [0.1, 0.15) is 17.3 Å². The van der Waals surface area contributed by atoms with Gasteiger partial charge >= 0.3 is 0 Å². The van der Waals surface area contributed by atoms with Crippen molar-refractivity contribution in [2.24, 2.45) is 0 Å². The molecule has 0 aliphatic rings. The summed E-state index contributed by atoms with van der Waals surface area (Å²) in [7, 11) is 0. The minimum atomic E-state index is -0.659. The molecular weight excluding hydrogens is 345 g/mol. The molecule has 0 bridgehead atoms. The van der Waals surface area contributed by atoms with Gasteiger partial charge in [-0.25, -0.2) is 9.97 Å². The van der Waals surface area contributed by atoms with Crippen molar-refractivity contribution >= 4 is 46.3 Å². The monoisotopic (exact) mass is 355 g/mol. The number of carbonyl (C=O) groups is 1. The number of carbonyl (C=O) groups excluding carboxylic acids is 1. The fourth-order valence-corrected chi connectivity index (χ4v) is 2.06. The first-order chi connectivity index (χ1) is 10.9. The van der Waals surface area contributed by atoms with Gasteiger partial charge in [-0.15, -0.1) is 0 Å². The molecule has 2 aromatic heterocycles. The van der Waals surface area contributed by atoms with Crippen molar-refractivity contribution in [3.63, 3.8) is 0 Å². The lowest BCUT2D eigenvalue weighted by molar-refractivity contribution is -0.385. The maximum Gasteiger partial charge on any atom is 0.288 e. The Balaban J connectivity index is 2.32. The number of pyridine rings is 2. The Morgan fingerprint density at radius 3 is 2.78 bits per heavy atom. The van der Waals surface area contributed by atoms with Gasteiger partial charge in [0.15, 0.2) is 5.82 Å². The van der Waals surface area contributed by atoms with Gasteiger partial charge in [0, 0.05) is 12.6 Å². The molecule has 0 saturated carbocycles. The van der Waals surface area contributed by atoms with Crippen molar-refractivity contribution < 1.29 is 9.72 Å². The van der Waals surface area contributed by atoms with Gasteiger partial charge in [0.25, 0.3) is 11.6 Å². The lowest BCUT2D eigenvalue weighted by Crippen LogP contribution is -2.15. The molecule has 120 valence electrons. The predicted octanol–water partition coefficient (Wildman–Crippen LogP) is 3.38. The number of nitrogens with zero attached hydrogens (tertiary/aromatic N) is 3. The van der Waals surface area contributed by atoms with Gasteiger partial charge < -0.3 is 10.6 Å². The van der Waals surface area contributed by atoms with Crippen LogP contribution in [0.2, 0.25) is 10.3 Å². The molecular formula is C13H11Cl2N5O3. The van der Waals surface area contributed by atoms with Crippen molar-refractivity contribution in [1.82, 2.24) is 9.97 Å². The molecule has 23 heavy (non-hydrogen) atoms. The van der Waals surface area contributed by atoms with E-state index in [4.69, 9.17) is 23.2 Å². The van der Waals surface area contributed by atoms with Gasteiger partial charge in [0.05, 0.1) is 16.2 Å². The number of halogens is 2. The van der Waals surface area contributed by atoms with E-state index >= 15 is 0 Å². The smallest absolute Gasteiger partial charge is 0.288 e. The maximum atomic E-state index is 12.3. The number of nitrogens with one attached hydrogen (secondary N) is 2. The number of hydrogen-bond donors (Lipinski definition) is 2. The average Bonchev–Trinajstić information content (AvgIpc) is 2.50. The minimum absolute atomic E-state index is 0.113. The van der Waals surface area contributed by atoms with Crippen LogP contribution in [0.4, 0.5) is 17.2 Å². The van der Waals surface area contributed by atoms with E-state index in [1.807, 2.05) is 6.92 Å². The highest BCUT2D eigenvalue weighted by molar-refractivity contribution is 6.33. The summed E-state index contributed by atoms with van der Waals surface area (Å²) in [6.07, 6.45) is 0.979. The molecule has 0 atom stereocenters. The highest BCUT2D eigenvalue weighted by atomic mass is 35.5. The van der Waals surface area contributed by atoms with Gasteiger partial charge in [0.2, 0.25) is 0 Å². The molecule has 1 amide bonds. The van der Waals surface area contributed by atoms with E-state index in [-0.39, 0.29) is 21.6 Å². The van der Waals surface area contributed by atoms with Crippen LogP contribution in [0.5, 0.6) is 0 Å². The molecule has 0 aliphatic carbocycles. The number of anilines is 2. The topological polar surface area (TPSA) is 110 Å². The first kappa shape index (κ1) is 16.9. The average molecular weight is 356 g/mol. The van der Waals surface area contributed by atoms with Crippen LogP contribution in [0, 0.1) is 10.1 Å². The predicted molar refractivity (Wildman–Crippen MR) is 87.3 cm³/mol. The van der Waals surface area contributed by atoms with Gasteiger partial charge in [-0.1, -0.05) is 23.2 Å². The van der Waals surface area contributed by atoms with Crippen molar-refractivity contribution in [2.75, 3.05) is 17.2 Å². The van der Waals surface area contributed by atoms with Gasteiger partial charge in [0.1, 0.15) is 16.5 Å². The summed E-state index contributed by atoms with van der Waals surface area (Å²) in [5.74, 6) is -0.266. The summed E-state index contributed by atoms with van der Waals surface area (Å²) in [5, 5.41) is 16.4. The van der Waals surface area contributed by atoms with E-state index in [1.54, 1.807) is 6.07 Å². The Kier molecular flexibility index (Phi) is 5.30. The normalized spacial score (nSPS) is 10.2. The minimum Gasteiger partial charge on any atom is -0.369 e. The summed E-state index contributed by atoms with van der Waals surface area (Å²) >= 11 is 11.7. The molecule has 0 unspecified atom stereocenters. The number of amides is 1. The molecule has 0 spiro atoms. The fraction of sp³-hybridized carbons (Fsp3) is 0.154. The Morgan fingerprint density at radius 1 is 1.39 bits per heavy atom. The summed E-state index contributed by atoms with van der Waals surface area (Å²) in [6, 6.07) is 4.12. The number of rotatable bonds is 5. The second-order valence-electron chi connectivity index (χ2n) is 4.30. The number of aromatic nitrogens is 2. The number of hydrogen-bond acceptors (Lipinski definition) is 6. The highest BCUT2D eigenvalue weighted by Crippen LogP contribution is 2.24. The quantitative estimate of drug-likeness (QED) is 0.483. The zero-order valence-corrected chi connectivity index (χ0v) is 13.4. The van der Waals surface area contributed by atoms with Crippen LogP contribution in [0.3, 0.4) is 0 Å². The van der Waals surface area contributed by atoms with Crippen LogP contribution in [-0.2, 0) is 0 Å². The van der Waals surface area contributed by atoms with Crippen LogP contribution < -0.4 is 10.6 Å². The Morgan fingerprint density at radius 2 is 2.13 bits per heavy atom. The summed E-state index contributed by atoms with van der Waals surface area (Å²) in [5.41, 5.74) is -0.0808.